The summed E-state index contributed by atoms with van der Waals surface area (Å²) in [6.45, 7) is 0. The predicted molar refractivity (Wildman–Crippen MR) is 70.2 cm³/mol. The van der Waals surface area contributed by atoms with Crippen LogP contribution in [0.3, 0.4) is 0 Å². The van der Waals surface area contributed by atoms with Crippen molar-refractivity contribution in [1.29, 1.82) is 0 Å². The van der Waals surface area contributed by atoms with E-state index in [9.17, 15) is 9.59 Å². The summed E-state index contributed by atoms with van der Waals surface area (Å²) in [7, 11) is 0. The lowest BCUT2D eigenvalue weighted by atomic mass is 9.76. The minimum absolute atomic E-state index is 0.127. The van der Waals surface area contributed by atoms with Gasteiger partial charge < -0.3 is 0 Å². The lowest BCUT2D eigenvalue weighted by molar-refractivity contribution is 0.230. The Morgan fingerprint density at radius 3 is 2.47 bits per heavy atom. The van der Waals surface area contributed by atoms with Crippen LogP contribution in [0.15, 0.2) is 9.98 Å². The third-order valence-corrected chi connectivity index (χ3v) is 5.62. The third kappa shape index (κ3) is 2.09. The molecule has 0 aromatic carbocycles. The zero-order valence-electron chi connectivity index (χ0n) is 11.2. The molecular weight excluding hydrogens is 240 g/mol. The Morgan fingerprint density at radius 2 is 1.74 bits per heavy atom. The van der Waals surface area contributed by atoms with Gasteiger partial charge in [0.15, 0.2) is 0 Å². The van der Waals surface area contributed by atoms with Crippen LogP contribution in [0.2, 0.25) is 0 Å². The van der Waals surface area contributed by atoms with Crippen LogP contribution in [0.5, 0.6) is 0 Å². The normalized spacial score (nSPS) is 44.4. The molecule has 0 aliphatic heterocycles. The molecule has 0 radical (unpaired) electrons. The number of carbonyl (C=O) groups excluding carboxylic acids is 2. The minimum atomic E-state index is -0.444. The van der Waals surface area contributed by atoms with Crippen molar-refractivity contribution in [2.75, 3.05) is 0 Å². The van der Waals surface area contributed by atoms with Crippen LogP contribution in [-0.4, -0.2) is 23.7 Å². The van der Waals surface area contributed by atoms with Crippen molar-refractivity contribution in [3.8, 4) is 0 Å². The highest BCUT2D eigenvalue weighted by Gasteiger charge is 2.55. The fourth-order valence-corrected chi connectivity index (χ4v) is 4.98. The highest BCUT2D eigenvalue weighted by Crippen LogP contribution is 2.54. The first-order chi connectivity index (χ1) is 9.29. The van der Waals surface area contributed by atoms with Crippen molar-refractivity contribution in [1.82, 2.24) is 0 Å². The van der Waals surface area contributed by atoms with Crippen molar-refractivity contribution < 1.29 is 9.59 Å². The van der Waals surface area contributed by atoms with Gasteiger partial charge in [0.25, 0.3) is 0 Å². The number of aliphatic imine (C=N–C) groups is 2. The van der Waals surface area contributed by atoms with Gasteiger partial charge >= 0.3 is 0 Å². The molecule has 0 amide bonds. The number of fused-ring (bicyclic) bond motifs is 4. The van der Waals surface area contributed by atoms with Gasteiger partial charge in [-0.15, -0.1) is 0 Å². The van der Waals surface area contributed by atoms with Crippen molar-refractivity contribution in [2.45, 2.75) is 62.9 Å². The molecule has 3 fully saturated rings. The summed E-state index contributed by atoms with van der Waals surface area (Å²) in [4.78, 5) is 30.0. The summed E-state index contributed by atoms with van der Waals surface area (Å²) in [5.74, 6) is 1.61. The average molecular weight is 260 g/mol. The SMILES string of the molecule is O=C=NC1C2CCCC3CCCC2CC1(N=C=O)C3. The summed E-state index contributed by atoms with van der Waals surface area (Å²) < 4.78 is 0. The van der Waals surface area contributed by atoms with E-state index in [1.165, 1.54) is 32.1 Å². The molecule has 4 nitrogen and oxygen atoms in total. The molecule has 0 spiro atoms. The predicted octanol–water partition coefficient (Wildman–Crippen LogP) is 2.78. The molecule has 3 aliphatic rings. The molecule has 3 rings (SSSR count). The third-order valence-electron chi connectivity index (χ3n) is 5.62. The van der Waals surface area contributed by atoms with Crippen LogP contribution >= 0.6 is 0 Å². The summed E-state index contributed by atoms with van der Waals surface area (Å²) in [6, 6.07) is -0.127. The van der Waals surface area contributed by atoms with Gasteiger partial charge in [-0.25, -0.2) is 9.59 Å². The van der Waals surface area contributed by atoms with Gasteiger partial charge in [0.05, 0.1) is 11.6 Å². The zero-order valence-corrected chi connectivity index (χ0v) is 11.2. The maximum Gasteiger partial charge on any atom is 0.235 e. The number of hydrogen-bond acceptors (Lipinski definition) is 4. The van der Waals surface area contributed by atoms with Crippen LogP contribution in [0.4, 0.5) is 0 Å². The van der Waals surface area contributed by atoms with E-state index < -0.39 is 5.54 Å². The Kier molecular flexibility index (Phi) is 3.38. The van der Waals surface area contributed by atoms with E-state index in [1.54, 1.807) is 12.2 Å². The van der Waals surface area contributed by atoms with E-state index in [2.05, 4.69) is 9.98 Å². The van der Waals surface area contributed by atoms with E-state index >= 15 is 0 Å². The van der Waals surface area contributed by atoms with E-state index in [-0.39, 0.29) is 6.04 Å². The molecule has 0 saturated heterocycles. The maximum absolute atomic E-state index is 10.9. The first kappa shape index (κ1) is 12.8. The standard InChI is InChI=1S/C15H20N2O2/c18-9-16-14-13-6-2-4-11-3-1-5-12(13)8-15(14,7-11)17-10-19/h11-14H,1-8H2. The monoisotopic (exact) mass is 260 g/mol. The van der Waals surface area contributed by atoms with Gasteiger partial charge in [0.2, 0.25) is 12.2 Å². The smallest absolute Gasteiger partial charge is 0.211 e. The molecular formula is C15H20N2O2. The van der Waals surface area contributed by atoms with Gasteiger partial charge in [0.1, 0.15) is 0 Å². The second-order valence-corrected chi connectivity index (χ2v) is 6.53. The van der Waals surface area contributed by atoms with Gasteiger partial charge in [-0.3, -0.25) is 0 Å². The van der Waals surface area contributed by atoms with Gasteiger partial charge in [-0.1, -0.05) is 32.1 Å². The first-order valence-corrected chi connectivity index (χ1v) is 7.45. The number of hydrogen-bond donors (Lipinski definition) is 0. The van der Waals surface area contributed by atoms with Crippen molar-refractivity contribution >= 4 is 12.2 Å². The Labute approximate surface area is 113 Å². The van der Waals surface area contributed by atoms with Crippen LogP contribution < -0.4 is 0 Å². The topological polar surface area (TPSA) is 58.9 Å². The Morgan fingerprint density at radius 1 is 0.947 bits per heavy atom. The summed E-state index contributed by atoms with van der Waals surface area (Å²) in [6.07, 6.45) is 12.6. The molecule has 19 heavy (non-hydrogen) atoms. The Balaban J connectivity index is 2.07. The van der Waals surface area contributed by atoms with Crippen molar-refractivity contribution in [3.05, 3.63) is 0 Å². The molecule has 4 heteroatoms. The average Bonchev–Trinajstić information content (AvgIpc) is 2.70. The number of isocyanates is 2. The fraction of sp³-hybridized carbons (Fsp3) is 0.867. The molecule has 5 atom stereocenters. The van der Waals surface area contributed by atoms with Gasteiger partial charge in [-0.2, -0.15) is 9.98 Å². The van der Waals surface area contributed by atoms with Crippen molar-refractivity contribution in [2.24, 2.45) is 27.7 Å². The zero-order chi connectivity index (χ0) is 13.3. The highest BCUT2D eigenvalue weighted by molar-refractivity contribution is 5.39. The van der Waals surface area contributed by atoms with Gasteiger partial charge in [0, 0.05) is 0 Å². The van der Waals surface area contributed by atoms with Crippen LogP contribution in [0.1, 0.15) is 51.4 Å². The summed E-state index contributed by atoms with van der Waals surface area (Å²) in [5, 5.41) is 0. The molecule has 3 aliphatic carbocycles. The summed E-state index contributed by atoms with van der Waals surface area (Å²) >= 11 is 0. The second kappa shape index (κ2) is 5.03. The van der Waals surface area contributed by atoms with E-state index in [0.717, 1.165) is 19.3 Å². The second-order valence-electron chi connectivity index (χ2n) is 6.53. The lowest BCUT2D eigenvalue weighted by Gasteiger charge is -2.34. The lowest BCUT2D eigenvalue weighted by Crippen LogP contribution is -2.40. The first-order valence-electron chi connectivity index (χ1n) is 7.45. The molecule has 102 valence electrons. The molecule has 5 unspecified atom stereocenters. The number of nitrogens with zero attached hydrogens (tertiary/aromatic N) is 2. The summed E-state index contributed by atoms with van der Waals surface area (Å²) in [5.41, 5.74) is -0.444. The molecule has 0 N–H and O–H groups in total. The van der Waals surface area contributed by atoms with Crippen LogP contribution in [0, 0.1) is 17.8 Å². The van der Waals surface area contributed by atoms with Crippen LogP contribution in [-0.2, 0) is 9.59 Å². The highest BCUT2D eigenvalue weighted by atomic mass is 16.1. The van der Waals surface area contributed by atoms with Crippen molar-refractivity contribution in [3.63, 3.8) is 0 Å². The molecule has 0 aromatic rings. The largest absolute Gasteiger partial charge is 0.235 e. The molecule has 3 saturated carbocycles. The Bertz CT molecular complexity index is 449. The maximum atomic E-state index is 10.9. The van der Waals surface area contributed by atoms with E-state index in [4.69, 9.17) is 0 Å². The molecule has 0 aromatic heterocycles. The van der Waals surface area contributed by atoms with E-state index in [1.807, 2.05) is 0 Å². The van der Waals surface area contributed by atoms with Gasteiger partial charge in [-0.05, 0) is 37.0 Å². The molecule has 0 heterocycles. The number of rotatable bonds is 2. The van der Waals surface area contributed by atoms with E-state index in [0.29, 0.717) is 17.8 Å². The minimum Gasteiger partial charge on any atom is -0.211 e. The van der Waals surface area contributed by atoms with Crippen LogP contribution in [0.25, 0.3) is 0 Å². The quantitative estimate of drug-likeness (QED) is 0.566. The Hall–Kier alpha value is -1.24. The fourth-order valence-electron chi connectivity index (χ4n) is 4.98. The molecule has 4 bridgehead atoms.